The van der Waals surface area contributed by atoms with Gasteiger partial charge in [-0.3, -0.25) is 4.99 Å². The van der Waals surface area contributed by atoms with E-state index in [1.54, 1.807) is 0 Å². The van der Waals surface area contributed by atoms with Crippen LogP contribution in [0.2, 0.25) is 0 Å². The summed E-state index contributed by atoms with van der Waals surface area (Å²) in [6.07, 6.45) is 3.10. The second-order valence-corrected chi connectivity index (χ2v) is 19.5. The van der Waals surface area contributed by atoms with Crippen LogP contribution in [-0.2, 0) is 0 Å². The van der Waals surface area contributed by atoms with E-state index in [9.17, 15) is 0 Å². The molecular formula is C62H48N2OS. The minimum absolute atomic E-state index is 0.103. The first kappa shape index (κ1) is 39.1. The Morgan fingerprint density at radius 1 is 0.561 bits per heavy atom. The highest BCUT2D eigenvalue weighted by Crippen LogP contribution is 2.48. The first-order chi connectivity index (χ1) is 32.6. The number of para-hydroxylation sites is 2. The van der Waals surface area contributed by atoms with Gasteiger partial charge in [0, 0.05) is 48.0 Å². The molecule has 0 bridgehead atoms. The fraction of sp³-hybridized carbons (Fsp3) is 0.145. The summed E-state index contributed by atoms with van der Waals surface area (Å²) in [6.45, 7) is 4.81. The quantitative estimate of drug-likeness (QED) is 0.164. The summed E-state index contributed by atoms with van der Waals surface area (Å²) < 4.78 is 12.2. The number of nitrogens with zero attached hydrogens (tertiary/aromatic N) is 2. The zero-order valence-electron chi connectivity index (χ0n) is 37.1. The van der Waals surface area contributed by atoms with E-state index in [1.807, 2.05) is 11.3 Å². The fourth-order valence-electron chi connectivity index (χ4n) is 11.5. The lowest BCUT2D eigenvalue weighted by Gasteiger charge is -2.35. The van der Waals surface area contributed by atoms with Crippen molar-refractivity contribution in [3.63, 3.8) is 0 Å². The lowest BCUT2D eigenvalue weighted by Crippen LogP contribution is -2.28. The van der Waals surface area contributed by atoms with E-state index in [2.05, 4.69) is 213 Å². The Hall–Kier alpha value is -7.27. The van der Waals surface area contributed by atoms with Crippen LogP contribution in [0.15, 0.2) is 204 Å². The van der Waals surface area contributed by atoms with Gasteiger partial charge in [-0.2, -0.15) is 0 Å². The Bertz CT molecular complexity index is 3850. The molecular weight excluding hydrogens is 821 g/mol. The van der Waals surface area contributed by atoms with Gasteiger partial charge in [0.05, 0.1) is 28.1 Å². The second-order valence-electron chi connectivity index (χ2n) is 18.5. The van der Waals surface area contributed by atoms with Gasteiger partial charge in [-0.1, -0.05) is 166 Å². The molecule has 4 heterocycles. The average Bonchev–Trinajstić information content (AvgIpc) is 4.04. The van der Waals surface area contributed by atoms with Crippen molar-refractivity contribution in [1.29, 1.82) is 0 Å². The van der Waals surface area contributed by atoms with Crippen molar-refractivity contribution < 1.29 is 4.42 Å². The Balaban J connectivity index is 1.05. The monoisotopic (exact) mass is 868 g/mol. The molecule has 0 saturated heterocycles. The summed E-state index contributed by atoms with van der Waals surface area (Å²) in [4.78, 5) is 6.13. The maximum absolute atomic E-state index is 6.90. The zero-order valence-corrected chi connectivity index (χ0v) is 37.9. The third-order valence-electron chi connectivity index (χ3n) is 14.8. The van der Waals surface area contributed by atoms with Gasteiger partial charge < -0.3 is 8.98 Å². The molecule has 1 aliphatic heterocycles. The van der Waals surface area contributed by atoms with E-state index in [-0.39, 0.29) is 17.9 Å². The molecule has 9 aromatic carbocycles. The summed E-state index contributed by atoms with van der Waals surface area (Å²) in [5.41, 5.74) is 12.8. The zero-order chi connectivity index (χ0) is 43.9. The third kappa shape index (κ3) is 6.26. The first-order valence-corrected chi connectivity index (χ1v) is 24.4. The van der Waals surface area contributed by atoms with Gasteiger partial charge in [0.2, 0.25) is 0 Å². The summed E-state index contributed by atoms with van der Waals surface area (Å²) in [7, 11) is 0. The number of hydrogen-bond acceptors (Lipinski definition) is 3. The highest BCUT2D eigenvalue weighted by molar-refractivity contribution is 7.26. The molecule has 0 saturated carbocycles. The summed E-state index contributed by atoms with van der Waals surface area (Å²) in [5.74, 6) is 0.768. The molecule has 4 atom stereocenters. The van der Waals surface area contributed by atoms with Crippen molar-refractivity contribution in [2.45, 2.75) is 45.1 Å². The molecule has 1 aliphatic rings. The van der Waals surface area contributed by atoms with Crippen LogP contribution in [0.1, 0.15) is 61.8 Å². The summed E-state index contributed by atoms with van der Waals surface area (Å²) in [5, 5.41) is 9.94. The minimum Gasteiger partial charge on any atom is -0.456 e. The second kappa shape index (κ2) is 15.7. The maximum atomic E-state index is 6.90. The van der Waals surface area contributed by atoms with Crippen LogP contribution in [0, 0.1) is 11.8 Å². The van der Waals surface area contributed by atoms with Crippen molar-refractivity contribution >= 4 is 91.7 Å². The van der Waals surface area contributed by atoms with Crippen molar-refractivity contribution in [2.24, 2.45) is 16.8 Å². The molecule has 0 amide bonds. The average molecular weight is 869 g/mol. The molecule has 3 nitrogen and oxygen atoms in total. The van der Waals surface area contributed by atoms with Crippen LogP contribution in [0.5, 0.6) is 0 Å². The molecule has 4 unspecified atom stereocenters. The van der Waals surface area contributed by atoms with Crippen LogP contribution in [-0.4, -0.2) is 10.3 Å². The fourth-order valence-corrected chi connectivity index (χ4v) is 12.8. The third-order valence-corrected chi connectivity index (χ3v) is 16.0. The molecule has 13 rings (SSSR count). The molecule has 0 spiro atoms. The molecule has 3 aromatic heterocycles. The molecule has 0 N–H and O–H groups in total. The van der Waals surface area contributed by atoms with Crippen molar-refractivity contribution in [3.8, 4) is 16.8 Å². The number of fused-ring (bicyclic) bond motifs is 10. The van der Waals surface area contributed by atoms with Crippen LogP contribution in [0.25, 0.3) is 91.5 Å². The molecule has 12 aromatic rings. The van der Waals surface area contributed by atoms with E-state index < -0.39 is 0 Å². The molecule has 66 heavy (non-hydrogen) atoms. The van der Waals surface area contributed by atoms with E-state index in [0.29, 0.717) is 5.92 Å². The normalized spacial score (nSPS) is 18.2. The topological polar surface area (TPSA) is 30.4 Å². The Kier molecular flexibility index (Phi) is 9.32. The van der Waals surface area contributed by atoms with E-state index in [0.717, 1.165) is 46.9 Å². The number of aliphatic imine (C=N–C) groups is 1. The predicted octanol–water partition coefficient (Wildman–Crippen LogP) is 17.6. The van der Waals surface area contributed by atoms with Gasteiger partial charge in [0.25, 0.3) is 0 Å². The van der Waals surface area contributed by atoms with E-state index in [4.69, 9.17) is 9.41 Å². The summed E-state index contributed by atoms with van der Waals surface area (Å²) in [6, 6.07) is 71.5. The minimum atomic E-state index is -0.103. The molecule has 0 radical (unpaired) electrons. The Labute approximate surface area is 388 Å². The lowest BCUT2D eigenvalue weighted by molar-refractivity contribution is 0.363. The van der Waals surface area contributed by atoms with Crippen LogP contribution in [0.3, 0.4) is 0 Å². The van der Waals surface area contributed by atoms with Crippen LogP contribution in [0.4, 0.5) is 0 Å². The van der Waals surface area contributed by atoms with Gasteiger partial charge in [0.15, 0.2) is 0 Å². The molecule has 4 heteroatoms. The van der Waals surface area contributed by atoms with Gasteiger partial charge in [-0.25, -0.2) is 0 Å². The first-order valence-electron chi connectivity index (χ1n) is 23.6. The number of furan rings is 1. The van der Waals surface area contributed by atoms with Gasteiger partial charge >= 0.3 is 0 Å². The van der Waals surface area contributed by atoms with E-state index >= 15 is 0 Å². The van der Waals surface area contributed by atoms with Gasteiger partial charge in [0.1, 0.15) is 11.2 Å². The van der Waals surface area contributed by atoms with Crippen LogP contribution < -0.4 is 0 Å². The number of hydrogen-bond donors (Lipinski definition) is 0. The van der Waals surface area contributed by atoms with Gasteiger partial charge in [-0.05, 0) is 112 Å². The maximum Gasteiger partial charge on any atom is 0.137 e. The highest BCUT2D eigenvalue weighted by Gasteiger charge is 2.35. The number of aromatic nitrogens is 1. The lowest BCUT2D eigenvalue weighted by atomic mass is 9.73. The van der Waals surface area contributed by atoms with Crippen molar-refractivity contribution in [3.05, 3.63) is 211 Å². The largest absolute Gasteiger partial charge is 0.456 e. The molecule has 0 fully saturated rings. The van der Waals surface area contributed by atoms with Crippen molar-refractivity contribution in [2.75, 3.05) is 0 Å². The van der Waals surface area contributed by atoms with E-state index in [1.165, 1.54) is 86.3 Å². The number of benzene rings is 9. The predicted molar refractivity (Wildman–Crippen MR) is 281 cm³/mol. The molecule has 0 aliphatic carbocycles. The Morgan fingerprint density at radius 3 is 2.08 bits per heavy atom. The number of thiophene rings is 1. The van der Waals surface area contributed by atoms with Crippen LogP contribution >= 0.6 is 11.3 Å². The Morgan fingerprint density at radius 2 is 1.24 bits per heavy atom. The van der Waals surface area contributed by atoms with Crippen molar-refractivity contribution in [1.82, 2.24) is 4.57 Å². The SMILES string of the molecule is CCC1C(c2ccc(-c3ccccc3)cc2)=NC(c2cc(-n3c4ccccc4c4cc5ccccc5cc43)c3c(c2)oc2ccccc23)C(C)CCC1c1cccc2c1sc1ccccc12. The highest BCUT2D eigenvalue weighted by atomic mass is 32.1. The smallest absolute Gasteiger partial charge is 0.137 e. The summed E-state index contributed by atoms with van der Waals surface area (Å²) >= 11 is 1.95. The molecule has 318 valence electrons. The standard InChI is InChI=1S/C62H48N2OS/c1-3-45-46(49-23-15-24-50-48-21-11-14-27-58(48)66-62(49)50)33-28-38(2)60(63-61(45)41-31-29-40(30-32-41)39-16-5-4-6-17-39)44-36-55(59-51-22-10-13-26-56(51)65-57(59)37-44)64-53-25-12-9-20-47(53)52-34-42-18-7-8-19-43(42)35-54(52)64/h4-27,29-32,34-38,45-46,60H,3,28,33H2,1-2H3. The van der Waals surface area contributed by atoms with Gasteiger partial charge in [-0.15, -0.1) is 11.3 Å². The number of rotatable bonds is 6.